The summed E-state index contributed by atoms with van der Waals surface area (Å²) >= 11 is 3.14. The van der Waals surface area contributed by atoms with Gasteiger partial charge in [0.15, 0.2) is 6.61 Å². The molecule has 3 rings (SSSR count). The maximum Gasteiger partial charge on any atom is 0.316 e. The first-order valence-electron chi connectivity index (χ1n) is 8.88. The number of benzene rings is 2. The number of thioether (sulfide) groups is 1. The molecular weight excluding hydrogens is 390 g/mol. The minimum absolute atomic E-state index is 0.232. The van der Waals surface area contributed by atoms with Crippen molar-refractivity contribution in [2.75, 3.05) is 17.7 Å². The average molecular weight is 412 g/mol. The van der Waals surface area contributed by atoms with Crippen LogP contribution >= 0.6 is 23.1 Å². The van der Waals surface area contributed by atoms with Crippen LogP contribution in [0.1, 0.15) is 16.0 Å². The van der Waals surface area contributed by atoms with Gasteiger partial charge in [-0.05, 0) is 35.1 Å². The Morgan fingerprint density at radius 2 is 1.75 bits per heavy atom. The van der Waals surface area contributed by atoms with Crippen LogP contribution in [-0.4, -0.2) is 24.2 Å². The first-order chi connectivity index (χ1) is 13.7. The van der Waals surface area contributed by atoms with E-state index in [1.807, 2.05) is 72.1 Å². The van der Waals surface area contributed by atoms with Crippen LogP contribution in [0.4, 0.5) is 5.69 Å². The number of carbonyl (C=O) groups is 2. The highest BCUT2D eigenvalue weighted by Crippen LogP contribution is 2.19. The molecule has 0 bridgehead atoms. The Bertz CT molecular complexity index is 895. The minimum Gasteiger partial charge on any atom is -0.455 e. The van der Waals surface area contributed by atoms with E-state index in [2.05, 4.69) is 5.32 Å². The van der Waals surface area contributed by atoms with Crippen LogP contribution < -0.4 is 5.32 Å². The van der Waals surface area contributed by atoms with Crippen molar-refractivity contribution in [1.82, 2.24) is 0 Å². The first kappa shape index (κ1) is 20.2. The SMILES string of the molecule is O=C(COC(=O)CSCc1cccs1)Nc1ccccc1Cc1ccccc1. The first-order valence-corrected chi connectivity index (χ1v) is 10.9. The van der Waals surface area contributed by atoms with Gasteiger partial charge in [0.1, 0.15) is 0 Å². The molecule has 0 fully saturated rings. The van der Waals surface area contributed by atoms with E-state index >= 15 is 0 Å². The maximum absolute atomic E-state index is 12.2. The molecule has 1 amide bonds. The molecule has 28 heavy (non-hydrogen) atoms. The number of hydrogen-bond donors (Lipinski definition) is 1. The topological polar surface area (TPSA) is 55.4 Å². The number of para-hydroxylation sites is 1. The molecule has 0 aliphatic rings. The van der Waals surface area contributed by atoms with Gasteiger partial charge in [-0.1, -0.05) is 54.6 Å². The van der Waals surface area contributed by atoms with Gasteiger partial charge in [-0.2, -0.15) is 0 Å². The summed E-state index contributed by atoms with van der Waals surface area (Å²) < 4.78 is 5.09. The molecule has 0 saturated carbocycles. The number of thiophene rings is 1. The van der Waals surface area contributed by atoms with Crippen molar-refractivity contribution in [1.29, 1.82) is 0 Å². The van der Waals surface area contributed by atoms with E-state index in [0.717, 1.165) is 23.4 Å². The molecule has 4 nitrogen and oxygen atoms in total. The van der Waals surface area contributed by atoms with Crippen LogP contribution in [0, 0.1) is 0 Å². The van der Waals surface area contributed by atoms with E-state index < -0.39 is 0 Å². The summed E-state index contributed by atoms with van der Waals surface area (Å²) in [5.41, 5.74) is 2.91. The monoisotopic (exact) mass is 411 g/mol. The highest BCUT2D eigenvalue weighted by Gasteiger charge is 2.10. The van der Waals surface area contributed by atoms with E-state index in [4.69, 9.17) is 4.74 Å². The standard InChI is InChI=1S/C22H21NO3S2/c24-21(14-26-22(25)16-27-15-19-10-6-12-28-19)23-20-11-5-4-9-18(20)13-17-7-2-1-3-8-17/h1-12H,13-16H2,(H,23,24). The second-order valence-corrected chi connectivity index (χ2v) is 8.12. The summed E-state index contributed by atoms with van der Waals surface area (Å²) in [6, 6.07) is 21.7. The van der Waals surface area contributed by atoms with Gasteiger partial charge in [0.05, 0.1) is 5.75 Å². The summed E-state index contributed by atoms with van der Waals surface area (Å²) in [5, 5.41) is 4.85. The van der Waals surface area contributed by atoms with Crippen LogP contribution in [0.5, 0.6) is 0 Å². The van der Waals surface area contributed by atoms with Crippen LogP contribution in [-0.2, 0) is 26.5 Å². The fourth-order valence-corrected chi connectivity index (χ4v) is 4.28. The van der Waals surface area contributed by atoms with Crippen molar-refractivity contribution >= 4 is 40.7 Å². The third-order valence-electron chi connectivity index (χ3n) is 3.94. The number of anilines is 1. The lowest BCUT2D eigenvalue weighted by Gasteiger charge is -2.11. The van der Waals surface area contributed by atoms with Gasteiger partial charge in [0.25, 0.3) is 5.91 Å². The Morgan fingerprint density at radius 3 is 2.54 bits per heavy atom. The Kier molecular flexibility index (Phi) is 7.70. The lowest BCUT2D eigenvalue weighted by atomic mass is 10.0. The highest BCUT2D eigenvalue weighted by molar-refractivity contribution is 7.99. The van der Waals surface area contributed by atoms with Crippen LogP contribution in [0.3, 0.4) is 0 Å². The Balaban J connectivity index is 1.45. The zero-order valence-electron chi connectivity index (χ0n) is 15.3. The lowest BCUT2D eigenvalue weighted by Crippen LogP contribution is -2.22. The van der Waals surface area contributed by atoms with Crippen molar-refractivity contribution in [2.45, 2.75) is 12.2 Å². The van der Waals surface area contributed by atoms with Gasteiger partial charge >= 0.3 is 5.97 Å². The zero-order valence-corrected chi connectivity index (χ0v) is 16.9. The summed E-state index contributed by atoms with van der Waals surface area (Å²) in [6.45, 7) is -0.280. The van der Waals surface area contributed by atoms with E-state index in [-0.39, 0.29) is 24.2 Å². The van der Waals surface area contributed by atoms with Crippen molar-refractivity contribution < 1.29 is 14.3 Å². The molecule has 0 aliphatic heterocycles. The van der Waals surface area contributed by atoms with Crippen LogP contribution in [0.25, 0.3) is 0 Å². The molecule has 0 aliphatic carbocycles. The third-order valence-corrected chi connectivity index (χ3v) is 5.95. The largest absolute Gasteiger partial charge is 0.455 e. The summed E-state index contributed by atoms with van der Waals surface area (Å²) in [6.07, 6.45) is 0.719. The van der Waals surface area contributed by atoms with Crippen molar-refractivity contribution in [3.05, 3.63) is 88.1 Å². The van der Waals surface area contributed by atoms with Gasteiger partial charge < -0.3 is 10.1 Å². The van der Waals surface area contributed by atoms with Crippen molar-refractivity contribution in [2.24, 2.45) is 0 Å². The molecule has 0 spiro atoms. The number of nitrogens with one attached hydrogen (secondary N) is 1. The molecule has 0 radical (unpaired) electrons. The van der Waals surface area contributed by atoms with E-state index in [0.29, 0.717) is 0 Å². The van der Waals surface area contributed by atoms with Crippen molar-refractivity contribution in [3.8, 4) is 0 Å². The molecule has 6 heteroatoms. The molecule has 1 heterocycles. The van der Waals surface area contributed by atoms with Crippen molar-refractivity contribution in [3.63, 3.8) is 0 Å². The van der Waals surface area contributed by atoms with Gasteiger partial charge in [-0.3, -0.25) is 9.59 Å². The molecule has 3 aromatic rings. The molecule has 144 valence electrons. The molecule has 0 saturated heterocycles. The third kappa shape index (κ3) is 6.55. The Labute approximate surface area is 172 Å². The number of rotatable bonds is 9. The van der Waals surface area contributed by atoms with Crippen LogP contribution in [0.15, 0.2) is 72.1 Å². The quantitative estimate of drug-likeness (QED) is 0.516. The Hall–Kier alpha value is -2.57. The van der Waals surface area contributed by atoms with Gasteiger partial charge in [-0.25, -0.2) is 0 Å². The summed E-state index contributed by atoms with van der Waals surface area (Å²) in [5.74, 6) is 0.285. The molecule has 1 aromatic heterocycles. The Morgan fingerprint density at radius 1 is 0.964 bits per heavy atom. The lowest BCUT2D eigenvalue weighted by molar-refractivity contribution is -0.144. The second-order valence-electron chi connectivity index (χ2n) is 6.10. The molecule has 0 atom stereocenters. The maximum atomic E-state index is 12.2. The fraction of sp³-hybridized carbons (Fsp3) is 0.182. The predicted molar refractivity (Wildman–Crippen MR) is 116 cm³/mol. The zero-order chi connectivity index (χ0) is 19.6. The smallest absolute Gasteiger partial charge is 0.316 e. The molecule has 1 N–H and O–H groups in total. The highest BCUT2D eigenvalue weighted by atomic mass is 32.2. The number of amides is 1. The molecular formula is C22H21NO3S2. The van der Waals surface area contributed by atoms with Gasteiger partial charge in [0, 0.05) is 16.3 Å². The average Bonchev–Trinajstić information content (AvgIpc) is 3.22. The number of esters is 1. The van der Waals surface area contributed by atoms with E-state index in [1.54, 1.807) is 11.3 Å². The van der Waals surface area contributed by atoms with E-state index in [1.165, 1.54) is 22.2 Å². The predicted octanol–water partition coefficient (Wildman–Crippen LogP) is 4.75. The fourth-order valence-electron chi connectivity index (χ4n) is 2.62. The molecule has 2 aromatic carbocycles. The number of hydrogen-bond acceptors (Lipinski definition) is 5. The van der Waals surface area contributed by atoms with Gasteiger partial charge in [-0.15, -0.1) is 23.1 Å². The van der Waals surface area contributed by atoms with Crippen LogP contribution in [0.2, 0.25) is 0 Å². The summed E-state index contributed by atoms with van der Waals surface area (Å²) in [7, 11) is 0. The summed E-state index contributed by atoms with van der Waals surface area (Å²) in [4.78, 5) is 25.2. The molecule has 0 unspecified atom stereocenters. The normalized spacial score (nSPS) is 10.4. The van der Waals surface area contributed by atoms with E-state index in [9.17, 15) is 9.59 Å². The second kappa shape index (κ2) is 10.7. The van der Waals surface area contributed by atoms with Gasteiger partial charge in [0.2, 0.25) is 0 Å². The number of ether oxygens (including phenoxy) is 1. The minimum atomic E-state index is -0.380. The number of carbonyl (C=O) groups excluding carboxylic acids is 2.